The van der Waals surface area contributed by atoms with Crippen LogP contribution in [0.5, 0.6) is 0 Å². The second kappa shape index (κ2) is 6.16. The van der Waals surface area contributed by atoms with E-state index in [9.17, 15) is 0 Å². The lowest BCUT2D eigenvalue weighted by molar-refractivity contribution is 1.18. The van der Waals surface area contributed by atoms with Crippen LogP contribution in [0.4, 0.5) is 0 Å². The molecule has 1 aromatic rings. The predicted molar refractivity (Wildman–Crippen MR) is 63.4 cm³/mol. The summed E-state index contributed by atoms with van der Waals surface area (Å²) in [5.74, 6) is 0. The van der Waals surface area contributed by atoms with Gasteiger partial charge in [-0.15, -0.1) is 0 Å². The number of nitrogens with zero attached hydrogens (tertiary/aromatic N) is 1. The Bertz CT molecular complexity index is 294. The molecule has 1 rings (SSSR count). The number of allylic oxidation sites excluding steroid dienone is 1. The standard InChI is InChI=1S/C6H5Br2N.C3H7N/c1-4-2-3-5(7)9-6(4)8;1-3(2)4/h2-3H,1H3;1,4H2,2H3. The van der Waals surface area contributed by atoms with Crippen molar-refractivity contribution in [1.29, 1.82) is 0 Å². The van der Waals surface area contributed by atoms with Crippen molar-refractivity contribution in [3.63, 3.8) is 0 Å². The van der Waals surface area contributed by atoms with Crippen molar-refractivity contribution in [3.8, 4) is 0 Å². The van der Waals surface area contributed by atoms with Gasteiger partial charge in [0, 0.05) is 0 Å². The van der Waals surface area contributed by atoms with E-state index in [1.807, 2.05) is 19.1 Å². The smallest absolute Gasteiger partial charge is 0.110 e. The van der Waals surface area contributed by atoms with Crippen molar-refractivity contribution in [2.75, 3.05) is 0 Å². The van der Waals surface area contributed by atoms with Gasteiger partial charge >= 0.3 is 0 Å². The van der Waals surface area contributed by atoms with Crippen LogP contribution in [0.25, 0.3) is 0 Å². The molecule has 0 aliphatic rings. The Kier molecular flexibility index (Phi) is 5.99. The summed E-state index contributed by atoms with van der Waals surface area (Å²) in [5, 5.41) is 0. The molecule has 2 N–H and O–H groups in total. The molecule has 0 atom stereocenters. The van der Waals surface area contributed by atoms with E-state index < -0.39 is 0 Å². The highest BCUT2D eigenvalue weighted by molar-refractivity contribution is 9.11. The van der Waals surface area contributed by atoms with Crippen molar-refractivity contribution in [2.45, 2.75) is 13.8 Å². The SMILES string of the molecule is C=C(C)N.Cc1ccc(Br)nc1Br. The van der Waals surface area contributed by atoms with Crippen molar-refractivity contribution in [3.05, 3.63) is 39.2 Å². The lowest BCUT2D eigenvalue weighted by Gasteiger charge is -1.94. The number of aryl methyl sites for hydroxylation is 1. The number of rotatable bonds is 0. The van der Waals surface area contributed by atoms with Crippen LogP contribution in [0.1, 0.15) is 12.5 Å². The van der Waals surface area contributed by atoms with Gasteiger partial charge in [-0.2, -0.15) is 0 Å². The molecule has 72 valence electrons. The van der Waals surface area contributed by atoms with E-state index in [1.165, 1.54) is 0 Å². The number of hydrogen-bond acceptors (Lipinski definition) is 2. The first-order valence-corrected chi connectivity index (χ1v) is 5.21. The number of aromatic nitrogens is 1. The normalized spacial score (nSPS) is 8.62. The number of pyridine rings is 1. The van der Waals surface area contributed by atoms with E-state index >= 15 is 0 Å². The summed E-state index contributed by atoms with van der Waals surface area (Å²) < 4.78 is 1.76. The van der Waals surface area contributed by atoms with Crippen molar-refractivity contribution in [2.24, 2.45) is 5.73 Å². The minimum atomic E-state index is 0.667. The topological polar surface area (TPSA) is 38.9 Å². The molecule has 1 aromatic heterocycles. The van der Waals surface area contributed by atoms with E-state index in [2.05, 4.69) is 43.4 Å². The Labute approximate surface area is 95.5 Å². The summed E-state index contributed by atoms with van der Waals surface area (Å²) in [6.07, 6.45) is 0. The second-order valence-electron chi connectivity index (χ2n) is 2.59. The van der Waals surface area contributed by atoms with Gasteiger partial charge in [0.25, 0.3) is 0 Å². The molecule has 4 heteroatoms. The van der Waals surface area contributed by atoms with Crippen LogP contribution >= 0.6 is 31.9 Å². The molecule has 0 aromatic carbocycles. The van der Waals surface area contributed by atoms with E-state index in [0.29, 0.717) is 5.70 Å². The zero-order valence-electron chi connectivity index (χ0n) is 7.64. The zero-order chi connectivity index (χ0) is 10.4. The lowest BCUT2D eigenvalue weighted by Crippen LogP contribution is -1.83. The molecule has 1 heterocycles. The van der Waals surface area contributed by atoms with E-state index in [0.717, 1.165) is 14.8 Å². The van der Waals surface area contributed by atoms with Gasteiger partial charge in [-0.05, 0) is 63.0 Å². The Morgan fingerprint density at radius 3 is 2.23 bits per heavy atom. The van der Waals surface area contributed by atoms with Crippen molar-refractivity contribution in [1.82, 2.24) is 4.98 Å². The average molecular weight is 308 g/mol. The second-order valence-corrected chi connectivity index (χ2v) is 4.15. The monoisotopic (exact) mass is 306 g/mol. The van der Waals surface area contributed by atoms with E-state index in [1.54, 1.807) is 6.92 Å². The van der Waals surface area contributed by atoms with Crippen LogP contribution in [-0.2, 0) is 0 Å². The fourth-order valence-electron chi connectivity index (χ4n) is 0.482. The minimum absolute atomic E-state index is 0.667. The third-order valence-corrected chi connectivity index (χ3v) is 2.25. The van der Waals surface area contributed by atoms with Gasteiger partial charge in [0.1, 0.15) is 9.21 Å². The van der Waals surface area contributed by atoms with Crippen LogP contribution in [0.2, 0.25) is 0 Å². The molecule has 0 unspecified atom stereocenters. The molecule has 0 radical (unpaired) electrons. The Morgan fingerprint density at radius 2 is 1.92 bits per heavy atom. The molecule has 0 amide bonds. The first-order valence-electron chi connectivity index (χ1n) is 3.63. The third-order valence-electron chi connectivity index (χ3n) is 1.00. The maximum absolute atomic E-state index is 4.92. The molecular weight excluding hydrogens is 296 g/mol. The summed E-state index contributed by atoms with van der Waals surface area (Å²) in [5.41, 5.74) is 6.73. The summed E-state index contributed by atoms with van der Waals surface area (Å²) in [6, 6.07) is 3.92. The number of hydrogen-bond donors (Lipinski definition) is 1. The van der Waals surface area contributed by atoms with Gasteiger partial charge in [-0.3, -0.25) is 0 Å². The highest BCUT2D eigenvalue weighted by Crippen LogP contribution is 2.15. The molecule has 0 aliphatic heterocycles. The number of halogens is 2. The summed E-state index contributed by atoms with van der Waals surface area (Å²) in [7, 11) is 0. The molecule has 0 saturated heterocycles. The van der Waals surface area contributed by atoms with Crippen LogP contribution in [0, 0.1) is 6.92 Å². The van der Waals surface area contributed by atoms with Crippen LogP contribution in [0.15, 0.2) is 33.6 Å². The largest absolute Gasteiger partial charge is 0.403 e. The van der Waals surface area contributed by atoms with Gasteiger partial charge in [0.2, 0.25) is 0 Å². The van der Waals surface area contributed by atoms with Gasteiger partial charge < -0.3 is 5.73 Å². The minimum Gasteiger partial charge on any atom is -0.403 e. The molecule has 13 heavy (non-hydrogen) atoms. The molecule has 0 aliphatic carbocycles. The van der Waals surface area contributed by atoms with Gasteiger partial charge in [-0.1, -0.05) is 12.6 Å². The fourth-order valence-corrected chi connectivity index (χ4v) is 1.35. The van der Waals surface area contributed by atoms with Crippen LogP contribution in [-0.4, -0.2) is 4.98 Å². The van der Waals surface area contributed by atoms with E-state index in [-0.39, 0.29) is 0 Å². The van der Waals surface area contributed by atoms with Gasteiger partial charge in [-0.25, -0.2) is 4.98 Å². The Hall–Kier alpha value is -0.350. The Balaban J connectivity index is 0.000000310. The van der Waals surface area contributed by atoms with Crippen LogP contribution in [0.3, 0.4) is 0 Å². The maximum Gasteiger partial charge on any atom is 0.110 e. The lowest BCUT2D eigenvalue weighted by atomic mass is 10.3. The summed E-state index contributed by atoms with van der Waals surface area (Å²) in [6.45, 7) is 7.09. The van der Waals surface area contributed by atoms with Crippen molar-refractivity contribution < 1.29 is 0 Å². The highest BCUT2D eigenvalue weighted by atomic mass is 79.9. The van der Waals surface area contributed by atoms with Crippen LogP contribution < -0.4 is 5.73 Å². The van der Waals surface area contributed by atoms with E-state index in [4.69, 9.17) is 5.73 Å². The molecule has 0 spiro atoms. The first-order chi connectivity index (χ1) is 5.93. The molecular formula is C9H12Br2N2. The number of nitrogens with two attached hydrogens (primary N) is 1. The Morgan fingerprint density at radius 1 is 1.46 bits per heavy atom. The zero-order valence-corrected chi connectivity index (χ0v) is 10.8. The van der Waals surface area contributed by atoms with Gasteiger partial charge in [0.15, 0.2) is 0 Å². The average Bonchev–Trinajstić information content (AvgIpc) is 1.96. The molecule has 0 fully saturated rings. The van der Waals surface area contributed by atoms with Gasteiger partial charge in [0.05, 0.1) is 0 Å². The molecule has 0 bridgehead atoms. The van der Waals surface area contributed by atoms with Crippen molar-refractivity contribution >= 4 is 31.9 Å². The predicted octanol–water partition coefficient (Wildman–Crippen LogP) is 3.39. The molecule has 2 nitrogen and oxygen atoms in total. The summed E-state index contributed by atoms with van der Waals surface area (Å²) in [4.78, 5) is 4.11. The third kappa shape index (κ3) is 6.78. The molecule has 0 saturated carbocycles. The fraction of sp³-hybridized carbons (Fsp3) is 0.222. The highest BCUT2D eigenvalue weighted by Gasteiger charge is 1.93. The summed E-state index contributed by atoms with van der Waals surface area (Å²) >= 11 is 6.56. The quantitative estimate of drug-likeness (QED) is 0.746. The first kappa shape index (κ1) is 12.7. The maximum atomic E-state index is 4.92.